The summed E-state index contributed by atoms with van der Waals surface area (Å²) in [6.07, 6.45) is 0. The van der Waals surface area contributed by atoms with Crippen molar-refractivity contribution in [2.24, 2.45) is 16.8 Å². The molecule has 0 spiro atoms. The molecule has 6 rings (SSSR count). The molecule has 0 unspecified atom stereocenters. The highest BCUT2D eigenvalue weighted by Crippen LogP contribution is 2.23. The lowest BCUT2D eigenvalue weighted by Crippen LogP contribution is -2.12. The van der Waals surface area contributed by atoms with Gasteiger partial charge in [-0.05, 0) is 84.4 Å². The quantitative estimate of drug-likeness (QED) is 0.0238. The molecule has 0 saturated carbocycles. The smallest absolute Gasteiger partial charge is 0.258 e. The first-order chi connectivity index (χ1) is 23.7. The molecule has 0 amide bonds. The Kier molecular flexibility index (Phi) is 19.1. The molecule has 9 N–H and O–H groups in total. The first-order valence-corrected chi connectivity index (χ1v) is 14.2. The molecule has 6 aromatic rings. The molecule has 0 aliphatic rings. The molecule has 0 aliphatic carbocycles. The standard InChI is InChI=1S/C14H10N2O2.C7H5ClO.C7H8N2O2.C7H5NO.ClH.H3NO/c17-12-8-6-10(7-9-12)13-15-14(18-16-13)11-4-2-1-3-5-11;8-7(9)6-4-2-1-3-5-6;8-7(9-11)5-1-3-6(10)4-2-5;1-8-6-2-4-7(9)5-3-6;;1-2/h1-9,17H;1-5H;1-4,10-11H,(H2,8,9);2-5,9H;1H;2H,1H2. The molecule has 0 saturated heterocycles. The molecule has 0 fully saturated rings. The van der Waals surface area contributed by atoms with Gasteiger partial charge in [0, 0.05) is 22.3 Å². The lowest BCUT2D eigenvalue weighted by Gasteiger charge is -1.96. The summed E-state index contributed by atoms with van der Waals surface area (Å²) in [7, 11) is 0. The molecular weight excluding hydrogens is 687 g/mol. The molecule has 0 bridgehead atoms. The Labute approximate surface area is 298 Å². The van der Waals surface area contributed by atoms with Crippen molar-refractivity contribution in [3.05, 3.63) is 156 Å². The third-order valence-corrected chi connectivity index (χ3v) is 6.04. The van der Waals surface area contributed by atoms with Crippen molar-refractivity contribution in [2.75, 3.05) is 0 Å². The van der Waals surface area contributed by atoms with E-state index in [0.29, 0.717) is 28.5 Å². The predicted molar refractivity (Wildman–Crippen MR) is 192 cm³/mol. The summed E-state index contributed by atoms with van der Waals surface area (Å²) < 4.78 is 5.21. The SMILES string of the molecule is Cl.N/C(=N\O)c1ccc(O)cc1.NO.O=C(Cl)c1ccccc1.Oc1ccc(-c2noc(-c3ccccc3)n2)cc1.[C-]#[N+]c1ccc(O)cc1. The zero-order valence-corrected chi connectivity index (χ0v) is 27.6. The number of nitrogens with two attached hydrogens (primary N) is 2. The van der Waals surface area contributed by atoms with Crippen LogP contribution in [0.25, 0.3) is 27.7 Å². The van der Waals surface area contributed by atoms with Crippen LogP contribution < -0.4 is 11.6 Å². The lowest BCUT2D eigenvalue weighted by atomic mass is 10.2. The average molecular weight is 720 g/mol. The highest BCUT2D eigenvalue weighted by atomic mass is 35.5. The maximum Gasteiger partial charge on any atom is 0.258 e. The second kappa shape index (κ2) is 23.0. The van der Waals surface area contributed by atoms with E-state index in [2.05, 4.69) is 26.0 Å². The Morgan fingerprint density at radius 2 is 1.16 bits per heavy atom. The summed E-state index contributed by atoms with van der Waals surface area (Å²) in [6, 6.07) is 37.2. The van der Waals surface area contributed by atoms with Gasteiger partial charge in [0.25, 0.3) is 11.1 Å². The van der Waals surface area contributed by atoms with Crippen LogP contribution in [-0.4, -0.2) is 47.0 Å². The van der Waals surface area contributed by atoms with Crippen LogP contribution in [0.4, 0.5) is 5.69 Å². The number of amidine groups is 1. The minimum atomic E-state index is -0.407. The van der Waals surface area contributed by atoms with Crippen LogP contribution in [0.2, 0.25) is 0 Å². The van der Waals surface area contributed by atoms with Crippen LogP contribution >= 0.6 is 24.0 Å². The van der Waals surface area contributed by atoms with Crippen LogP contribution in [0.5, 0.6) is 17.2 Å². The number of hydrogen-bond donors (Lipinski definition) is 7. The minimum absolute atomic E-state index is 0. The Morgan fingerprint density at radius 1 is 0.700 bits per heavy atom. The van der Waals surface area contributed by atoms with Gasteiger partial charge in [-0.25, -0.2) is 10.7 Å². The van der Waals surface area contributed by atoms with Crippen LogP contribution in [0.3, 0.4) is 0 Å². The van der Waals surface area contributed by atoms with Crippen molar-refractivity contribution >= 4 is 40.8 Å². The monoisotopic (exact) mass is 718 g/mol. The van der Waals surface area contributed by atoms with E-state index in [9.17, 15) is 9.90 Å². The number of rotatable bonds is 4. The van der Waals surface area contributed by atoms with Gasteiger partial charge in [0.15, 0.2) is 11.5 Å². The molecule has 0 aliphatic heterocycles. The fourth-order valence-electron chi connectivity index (χ4n) is 3.44. The lowest BCUT2D eigenvalue weighted by molar-refractivity contribution is 0.108. The predicted octanol–water partition coefficient (Wildman–Crippen LogP) is 7.36. The van der Waals surface area contributed by atoms with Gasteiger partial charge in [-0.15, -0.1) is 12.4 Å². The number of aromatic nitrogens is 2. The zero-order valence-electron chi connectivity index (χ0n) is 26.0. The molecule has 5 aromatic carbocycles. The van der Waals surface area contributed by atoms with Gasteiger partial charge in [-0.1, -0.05) is 71.0 Å². The summed E-state index contributed by atoms with van der Waals surface area (Å²) >= 11 is 5.16. The topological polar surface area (TPSA) is 226 Å². The summed E-state index contributed by atoms with van der Waals surface area (Å²) in [5.41, 5.74) is 8.62. The number of carbonyl (C=O) groups excluding carboxylic acids is 1. The average Bonchev–Trinajstić information content (AvgIpc) is 3.65. The fourth-order valence-corrected chi connectivity index (χ4v) is 3.56. The Balaban J connectivity index is 0.000000342. The van der Waals surface area contributed by atoms with Crippen molar-refractivity contribution < 1.29 is 35.1 Å². The molecular formula is C35H32Cl2N6O7. The number of oxime groups is 1. The maximum absolute atomic E-state index is 10.4. The Hall–Kier alpha value is -6.43. The number of nitrogens with zero attached hydrogens (tertiary/aromatic N) is 4. The number of carbonyl (C=O) groups is 1. The fraction of sp³-hybridized carbons (Fsp3) is 0. The maximum atomic E-state index is 10.4. The van der Waals surface area contributed by atoms with Gasteiger partial charge >= 0.3 is 0 Å². The van der Waals surface area contributed by atoms with Gasteiger partial charge < -0.3 is 36.0 Å². The summed E-state index contributed by atoms with van der Waals surface area (Å²) in [4.78, 5) is 17.9. The second-order valence-corrected chi connectivity index (χ2v) is 9.48. The molecule has 15 heteroatoms. The van der Waals surface area contributed by atoms with E-state index in [1.807, 2.05) is 36.4 Å². The molecule has 1 aromatic heterocycles. The van der Waals surface area contributed by atoms with Crippen molar-refractivity contribution in [1.29, 1.82) is 0 Å². The molecule has 0 radical (unpaired) electrons. The Morgan fingerprint density at radius 3 is 1.60 bits per heavy atom. The first-order valence-electron chi connectivity index (χ1n) is 13.8. The summed E-state index contributed by atoms with van der Waals surface area (Å²) in [5.74, 6) is 5.09. The van der Waals surface area contributed by atoms with E-state index in [1.54, 1.807) is 72.8 Å². The number of aromatic hydroxyl groups is 3. The van der Waals surface area contributed by atoms with Crippen LogP contribution in [0, 0.1) is 6.57 Å². The Bertz CT molecular complexity index is 1900. The second-order valence-electron chi connectivity index (χ2n) is 9.14. The van der Waals surface area contributed by atoms with E-state index in [-0.39, 0.29) is 35.5 Å². The first kappa shape index (κ1) is 41.6. The van der Waals surface area contributed by atoms with Gasteiger partial charge in [0.2, 0.25) is 5.82 Å². The zero-order chi connectivity index (χ0) is 36.0. The number of phenols is 3. The highest BCUT2D eigenvalue weighted by Gasteiger charge is 2.09. The summed E-state index contributed by atoms with van der Waals surface area (Å²) in [6.45, 7) is 6.56. The van der Waals surface area contributed by atoms with E-state index in [1.165, 1.54) is 24.3 Å². The van der Waals surface area contributed by atoms with E-state index < -0.39 is 5.24 Å². The normalized spacial score (nSPS) is 9.52. The van der Waals surface area contributed by atoms with Crippen LogP contribution in [-0.2, 0) is 0 Å². The van der Waals surface area contributed by atoms with E-state index >= 15 is 0 Å². The molecule has 0 atom stereocenters. The molecule has 13 nitrogen and oxygen atoms in total. The molecule has 50 heavy (non-hydrogen) atoms. The molecule has 1 heterocycles. The number of hydrogen-bond acceptors (Lipinski definition) is 11. The third-order valence-electron chi connectivity index (χ3n) is 5.82. The van der Waals surface area contributed by atoms with Crippen LogP contribution in [0.1, 0.15) is 15.9 Å². The van der Waals surface area contributed by atoms with Gasteiger partial charge in [-0.3, -0.25) is 4.79 Å². The van der Waals surface area contributed by atoms with Gasteiger partial charge in [0.05, 0.1) is 6.57 Å². The van der Waals surface area contributed by atoms with Gasteiger partial charge in [0.1, 0.15) is 17.2 Å². The number of phenolic OH excluding ortho intramolecular Hbond substituents is 3. The van der Waals surface area contributed by atoms with Crippen LogP contribution in [0.15, 0.2) is 143 Å². The summed E-state index contributed by atoms with van der Waals surface area (Å²) in [5, 5.41) is 47.9. The number of benzene rings is 5. The van der Waals surface area contributed by atoms with E-state index in [0.717, 1.165) is 11.1 Å². The third kappa shape index (κ3) is 14.6. The largest absolute Gasteiger partial charge is 0.508 e. The van der Waals surface area contributed by atoms with Gasteiger partial charge in [-0.2, -0.15) is 4.98 Å². The molecule has 258 valence electrons. The van der Waals surface area contributed by atoms with Crippen molar-refractivity contribution in [1.82, 2.24) is 10.1 Å². The highest BCUT2D eigenvalue weighted by molar-refractivity contribution is 6.67. The van der Waals surface area contributed by atoms with Crippen molar-refractivity contribution in [3.8, 4) is 40.1 Å². The minimum Gasteiger partial charge on any atom is -0.508 e. The van der Waals surface area contributed by atoms with Crippen molar-refractivity contribution in [2.45, 2.75) is 0 Å². The van der Waals surface area contributed by atoms with Crippen molar-refractivity contribution in [3.63, 3.8) is 0 Å². The number of halogens is 2. The van der Waals surface area contributed by atoms with E-state index in [4.69, 9.17) is 49.1 Å².